The van der Waals surface area contributed by atoms with Gasteiger partial charge in [0.25, 0.3) is 0 Å². The highest BCUT2D eigenvalue weighted by atomic mass is 19.4. The van der Waals surface area contributed by atoms with Crippen molar-refractivity contribution in [2.45, 2.75) is 32.5 Å². The Morgan fingerprint density at radius 2 is 1.81 bits per heavy atom. The smallest absolute Gasteiger partial charge is 0.465 e. The lowest BCUT2D eigenvalue weighted by Gasteiger charge is -2.27. The van der Waals surface area contributed by atoms with Crippen molar-refractivity contribution in [1.29, 1.82) is 0 Å². The summed E-state index contributed by atoms with van der Waals surface area (Å²) in [7, 11) is 0. The molecule has 1 N–H and O–H groups in total. The summed E-state index contributed by atoms with van der Waals surface area (Å²) >= 11 is 0. The van der Waals surface area contributed by atoms with Gasteiger partial charge in [0.15, 0.2) is 5.78 Å². The minimum absolute atomic E-state index is 0.0244. The summed E-state index contributed by atoms with van der Waals surface area (Å²) in [6.45, 7) is 3.97. The third kappa shape index (κ3) is 3.74. The number of para-hydroxylation sites is 1. The average molecular weight is 303 g/mol. The first kappa shape index (κ1) is 17.0. The van der Waals surface area contributed by atoms with Crippen LogP contribution in [0.5, 0.6) is 0 Å². The molecule has 0 radical (unpaired) electrons. The molecule has 0 saturated heterocycles. The van der Waals surface area contributed by atoms with Crippen LogP contribution in [0.25, 0.3) is 0 Å². The van der Waals surface area contributed by atoms with Crippen molar-refractivity contribution in [3.05, 3.63) is 29.8 Å². The van der Waals surface area contributed by atoms with Crippen LogP contribution in [0.2, 0.25) is 0 Å². The molecule has 1 aromatic rings. The summed E-state index contributed by atoms with van der Waals surface area (Å²) in [4.78, 5) is 24.0. The van der Waals surface area contributed by atoms with Gasteiger partial charge in [-0.1, -0.05) is 18.2 Å². The van der Waals surface area contributed by atoms with Crippen molar-refractivity contribution in [2.24, 2.45) is 0 Å². The standard InChI is InChI=1S/C14H16F3NO3/c1-4-21-12(20)13(3,9(2)19)10-7-5-6-8-11(10)18-14(15,16)17/h5-8,18H,4H2,1-3H3/t13-/m0/s1. The number of alkyl halides is 3. The van der Waals surface area contributed by atoms with Gasteiger partial charge in [0.1, 0.15) is 5.41 Å². The van der Waals surface area contributed by atoms with Crippen molar-refractivity contribution in [2.75, 3.05) is 11.9 Å². The maximum absolute atomic E-state index is 12.5. The van der Waals surface area contributed by atoms with Gasteiger partial charge in [-0.05, 0) is 32.4 Å². The van der Waals surface area contributed by atoms with Crippen LogP contribution in [0.3, 0.4) is 0 Å². The van der Waals surface area contributed by atoms with Crippen LogP contribution in [0, 0.1) is 0 Å². The molecule has 0 aliphatic heterocycles. The molecule has 116 valence electrons. The number of Topliss-reactive ketones (excluding diaryl/α,β-unsaturated/α-hetero) is 1. The van der Waals surface area contributed by atoms with Gasteiger partial charge in [-0.25, -0.2) is 0 Å². The number of esters is 1. The normalized spacial score (nSPS) is 14.2. The number of rotatable bonds is 5. The molecular weight excluding hydrogens is 287 g/mol. The van der Waals surface area contributed by atoms with Crippen LogP contribution in [-0.4, -0.2) is 24.7 Å². The number of hydrogen-bond donors (Lipinski definition) is 1. The number of ether oxygens (including phenoxy) is 1. The quantitative estimate of drug-likeness (QED) is 0.516. The fourth-order valence-electron chi connectivity index (χ4n) is 1.90. The number of ketones is 1. The van der Waals surface area contributed by atoms with Crippen molar-refractivity contribution in [3.63, 3.8) is 0 Å². The van der Waals surface area contributed by atoms with E-state index in [0.717, 1.165) is 13.0 Å². The molecule has 7 heteroatoms. The minimum Gasteiger partial charge on any atom is -0.465 e. The number of hydrogen-bond acceptors (Lipinski definition) is 4. The average Bonchev–Trinajstić information content (AvgIpc) is 2.36. The Morgan fingerprint density at radius 1 is 1.24 bits per heavy atom. The van der Waals surface area contributed by atoms with E-state index in [0.29, 0.717) is 0 Å². The van der Waals surface area contributed by atoms with E-state index in [9.17, 15) is 22.8 Å². The van der Waals surface area contributed by atoms with Crippen LogP contribution in [0.15, 0.2) is 24.3 Å². The van der Waals surface area contributed by atoms with Crippen LogP contribution < -0.4 is 5.32 Å². The van der Waals surface area contributed by atoms with E-state index in [-0.39, 0.29) is 17.9 Å². The molecule has 21 heavy (non-hydrogen) atoms. The molecule has 0 aromatic heterocycles. The summed E-state index contributed by atoms with van der Waals surface area (Å²) in [6, 6.07) is 5.29. The fraction of sp³-hybridized carbons (Fsp3) is 0.429. The summed E-state index contributed by atoms with van der Waals surface area (Å²) in [5, 5.41) is 1.35. The highest BCUT2D eigenvalue weighted by Crippen LogP contribution is 2.34. The molecule has 1 aromatic carbocycles. The van der Waals surface area contributed by atoms with E-state index in [2.05, 4.69) is 0 Å². The fourth-order valence-corrected chi connectivity index (χ4v) is 1.90. The number of carbonyl (C=O) groups is 2. The second kappa shape index (κ2) is 6.15. The number of anilines is 1. The van der Waals surface area contributed by atoms with Crippen molar-refractivity contribution in [1.82, 2.24) is 0 Å². The predicted octanol–water partition coefficient (Wildman–Crippen LogP) is 3.03. The van der Waals surface area contributed by atoms with Gasteiger partial charge in [0.05, 0.1) is 6.61 Å². The Hall–Kier alpha value is -2.05. The molecule has 1 atom stereocenters. The Labute approximate surface area is 120 Å². The van der Waals surface area contributed by atoms with E-state index in [4.69, 9.17) is 4.74 Å². The van der Waals surface area contributed by atoms with E-state index < -0.39 is 23.5 Å². The van der Waals surface area contributed by atoms with Crippen LogP contribution in [-0.2, 0) is 19.7 Å². The zero-order chi connectivity index (χ0) is 16.3. The molecular formula is C14H16F3NO3. The highest BCUT2D eigenvalue weighted by molar-refractivity contribution is 6.09. The largest absolute Gasteiger partial charge is 0.482 e. The number of nitrogens with one attached hydrogen (secondary N) is 1. The van der Waals surface area contributed by atoms with Crippen molar-refractivity contribution < 1.29 is 27.5 Å². The Kier molecular flexibility index (Phi) is 4.98. The summed E-state index contributed by atoms with van der Waals surface area (Å²) in [5.74, 6) is -1.48. The Balaban J connectivity index is 3.39. The molecule has 0 fully saturated rings. The Morgan fingerprint density at radius 3 is 2.29 bits per heavy atom. The summed E-state index contributed by atoms with van der Waals surface area (Å²) < 4.78 is 42.5. The molecule has 0 bridgehead atoms. The molecule has 0 saturated carbocycles. The summed E-state index contributed by atoms with van der Waals surface area (Å²) in [6.07, 6.45) is -4.68. The lowest BCUT2D eigenvalue weighted by molar-refractivity contribution is -0.153. The molecule has 0 aliphatic carbocycles. The molecule has 0 unspecified atom stereocenters. The van der Waals surface area contributed by atoms with E-state index >= 15 is 0 Å². The lowest BCUT2D eigenvalue weighted by Crippen LogP contribution is -2.42. The minimum atomic E-state index is -4.68. The number of halogens is 3. The predicted molar refractivity (Wildman–Crippen MR) is 70.8 cm³/mol. The SMILES string of the molecule is CCOC(=O)[C@@](C)(C(C)=O)c1ccccc1NC(F)(F)F. The molecule has 0 heterocycles. The van der Waals surface area contributed by atoms with Crippen LogP contribution >= 0.6 is 0 Å². The molecule has 4 nitrogen and oxygen atoms in total. The first-order chi connectivity index (χ1) is 9.63. The first-order valence-electron chi connectivity index (χ1n) is 6.25. The van der Waals surface area contributed by atoms with Gasteiger partial charge < -0.3 is 4.74 Å². The van der Waals surface area contributed by atoms with Gasteiger partial charge in [-0.3, -0.25) is 14.9 Å². The first-order valence-corrected chi connectivity index (χ1v) is 6.25. The van der Waals surface area contributed by atoms with Crippen LogP contribution in [0.1, 0.15) is 26.3 Å². The third-order valence-electron chi connectivity index (χ3n) is 3.13. The van der Waals surface area contributed by atoms with Crippen molar-refractivity contribution in [3.8, 4) is 0 Å². The van der Waals surface area contributed by atoms with Crippen LogP contribution in [0.4, 0.5) is 18.9 Å². The zero-order valence-corrected chi connectivity index (χ0v) is 11.9. The van der Waals surface area contributed by atoms with Gasteiger partial charge in [0, 0.05) is 5.69 Å². The second-order valence-corrected chi connectivity index (χ2v) is 4.57. The topological polar surface area (TPSA) is 55.4 Å². The second-order valence-electron chi connectivity index (χ2n) is 4.57. The van der Waals surface area contributed by atoms with E-state index in [1.807, 2.05) is 0 Å². The lowest BCUT2D eigenvalue weighted by atomic mass is 9.78. The Bertz CT molecular complexity index is 543. The van der Waals surface area contributed by atoms with Crippen molar-refractivity contribution >= 4 is 17.4 Å². The van der Waals surface area contributed by atoms with Gasteiger partial charge in [-0.2, -0.15) is 13.2 Å². The number of carbonyl (C=O) groups excluding carboxylic acids is 2. The molecule has 1 rings (SSSR count). The van der Waals surface area contributed by atoms with E-state index in [1.54, 1.807) is 6.92 Å². The zero-order valence-electron chi connectivity index (χ0n) is 11.9. The van der Waals surface area contributed by atoms with Gasteiger partial charge in [-0.15, -0.1) is 0 Å². The maximum Gasteiger partial charge on any atom is 0.482 e. The van der Waals surface area contributed by atoms with Gasteiger partial charge in [0.2, 0.25) is 0 Å². The summed E-state index contributed by atoms with van der Waals surface area (Å²) in [5.41, 5.74) is -2.23. The number of benzene rings is 1. The molecule has 0 amide bonds. The molecule has 0 aliphatic rings. The highest BCUT2D eigenvalue weighted by Gasteiger charge is 2.44. The van der Waals surface area contributed by atoms with Gasteiger partial charge >= 0.3 is 12.3 Å². The monoisotopic (exact) mass is 303 g/mol. The van der Waals surface area contributed by atoms with E-state index in [1.165, 1.54) is 30.4 Å². The molecule has 0 spiro atoms. The maximum atomic E-state index is 12.5. The third-order valence-corrected chi connectivity index (χ3v) is 3.13.